The zero-order valence-electron chi connectivity index (χ0n) is 17.4. The average Bonchev–Trinajstić information content (AvgIpc) is 3.29. The van der Waals surface area contributed by atoms with Crippen molar-refractivity contribution in [3.05, 3.63) is 71.5 Å². The predicted molar refractivity (Wildman–Crippen MR) is 122 cm³/mol. The van der Waals surface area contributed by atoms with Crippen molar-refractivity contribution in [3.8, 4) is 10.6 Å². The molecule has 9 heteroatoms. The van der Waals surface area contributed by atoms with Crippen molar-refractivity contribution < 1.29 is 17.6 Å². The molecule has 1 fully saturated rings. The standard InChI is InChI=1S/C23H24FN3O3S2/c24-20-8-4-5-9-21(20)32(29,30)27-14-11-17(12-15-27)22(28)25-13-10-19-16-31-23(26-19)18-6-2-1-3-7-18/h1-9,16-17H,10-15H2,(H,25,28). The summed E-state index contributed by atoms with van der Waals surface area (Å²) in [5.74, 6) is -1.09. The van der Waals surface area contributed by atoms with Crippen molar-refractivity contribution >= 4 is 27.3 Å². The number of carbonyl (C=O) groups excluding carboxylic acids is 1. The van der Waals surface area contributed by atoms with Crippen molar-refractivity contribution in [2.75, 3.05) is 19.6 Å². The summed E-state index contributed by atoms with van der Waals surface area (Å²) in [6, 6.07) is 15.3. The molecular formula is C23H24FN3O3S2. The zero-order chi connectivity index (χ0) is 22.6. The Kier molecular flexibility index (Phi) is 6.98. The second-order valence-electron chi connectivity index (χ2n) is 7.66. The molecule has 2 aromatic carbocycles. The smallest absolute Gasteiger partial charge is 0.245 e. The number of halogens is 1. The van der Waals surface area contributed by atoms with Gasteiger partial charge in [0.2, 0.25) is 15.9 Å². The second kappa shape index (κ2) is 9.89. The summed E-state index contributed by atoms with van der Waals surface area (Å²) < 4.78 is 40.6. The lowest BCUT2D eigenvalue weighted by atomic mass is 9.97. The van der Waals surface area contributed by atoms with Crippen LogP contribution in [0.5, 0.6) is 0 Å². The molecule has 3 aromatic rings. The SMILES string of the molecule is O=C(NCCc1csc(-c2ccccc2)n1)C1CCN(S(=O)(=O)c2ccccc2F)CC1. The Bertz CT molecular complexity index is 1170. The molecule has 168 valence electrons. The highest BCUT2D eigenvalue weighted by Gasteiger charge is 2.33. The Labute approximate surface area is 191 Å². The summed E-state index contributed by atoms with van der Waals surface area (Å²) >= 11 is 1.58. The predicted octanol–water partition coefficient (Wildman–Crippen LogP) is 3.71. The fraction of sp³-hybridized carbons (Fsp3) is 0.304. The molecule has 2 heterocycles. The molecule has 0 aliphatic carbocycles. The van der Waals surface area contributed by atoms with Crippen molar-refractivity contribution in [1.82, 2.24) is 14.6 Å². The Morgan fingerprint density at radius 1 is 1.09 bits per heavy atom. The van der Waals surface area contributed by atoms with Crippen LogP contribution in [0, 0.1) is 11.7 Å². The van der Waals surface area contributed by atoms with Gasteiger partial charge in [-0.1, -0.05) is 42.5 Å². The summed E-state index contributed by atoms with van der Waals surface area (Å²) in [6.45, 7) is 0.868. The van der Waals surface area contributed by atoms with Crippen molar-refractivity contribution in [3.63, 3.8) is 0 Å². The van der Waals surface area contributed by atoms with Gasteiger partial charge in [0.15, 0.2) is 0 Å². The van der Waals surface area contributed by atoms with Crippen LogP contribution in [0.4, 0.5) is 4.39 Å². The molecule has 1 aromatic heterocycles. The van der Waals surface area contributed by atoms with E-state index in [0.717, 1.165) is 22.3 Å². The minimum atomic E-state index is -3.90. The number of rotatable bonds is 7. The maximum Gasteiger partial charge on any atom is 0.245 e. The number of carbonyl (C=O) groups is 1. The van der Waals surface area contributed by atoms with E-state index in [0.29, 0.717) is 25.8 Å². The molecule has 0 spiro atoms. The molecule has 0 unspecified atom stereocenters. The van der Waals surface area contributed by atoms with Gasteiger partial charge in [0, 0.05) is 42.9 Å². The number of sulfonamides is 1. The summed E-state index contributed by atoms with van der Waals surface area (Å²) in [7, 11) is -3.90. The molecule has 1 aliphatic rings. The van der Waals surface area contributed by atoms with E-state index in [1.807, 2.05) is 35.7 Å². The van der Waals surface area contributed by atoms with Crippen molar-refractivity contribution in [1.29, 1.82) is 0 Å². The average molecular weight is 474 g/mol. The number of benzene rings is 2. The van der Waals surface area contributed by atoms with Crippen LogP contribution < -0.4 is 5.32 Å². The van der Waals surface area contributed by atoms with E-state index in [-0.39, 0.29) is 29.8 Å². The highest BCUT2D eigenvalue weighted by Crippen LogP contribution is 2.26. The number of piperidine rings is 1. The van der Waals surface area contributed by atoms with Gasteiger partial charge < -0.3 is 5.32 Å². The van der Waals surface area contributed by atoms with Gasteiger partial charge >= 0.3 is 0 Å². The lowest BCUT2D eigenvalue weighted by Gasteiger charge is -2.30. The number of aromatic nitrogens is 1. The molecule has 1 amide bonds. The maximum atomic E-state index is 13.9. The molecular weight excluding hydrogens is 449 g/mol. The van der Waals surface area contributed by atoms with E-state index in [2.05, 4.69) is 10.3 Å². The largest absolute Gasteiger partial charge is 0.355 e. The molecule has 6 nitrogen and oxygen atoms in total. The van der Waals surface area contributed by atoms with E-state index in [9.17, 15) is 17.6 Å². The van der Waals surface area contributed by atoms with Crippen LogP contribution >= 0.6 is 11.3 Å². The van der Waals surface area contributed by atoms with Gasteiger partial charge in [0.1, 0.15) is 15.7 Å². The number of hydrogen-bond acceptors (Lipinski definition) is 5. The lowest BCUT2D eigenvalue weighted by Crippen LogP contribution is -2.43. The second-order valence-corrected chi connectivity index (χ2v) is 10.4. The van der Waals surface area contributed by atoms with E-state index in [1.54, 1.807) is 11.3 Å². The van der Waals surface area contributed by atoms with Gasteiger partial charge in [-0.15, -0.1) is 11.3 Å². The molecule has 0 radical (unpaired) electrons. The summed E-state index contributed by atoms with van der Waals surface area (Å²) in [4.78, 5) is 16.8. The first-order valence-electron chi connectivity index (χ1n) is 10.5. The Morgan fingerprint density at radius 3 is 2.50 bits per heavy atom. The number of nitrogens with zero attached hydrogens (tertiary/aromatic N) is 2. The van der Waals surface area contributed by atoms with Gasteiger partial charge in [-0.3, -0.25) is 4.79 Å². The number of amides is 1. The maximum absolute atomic E-state index is 13.9. The fourth-order valence-electron chi connectivity index (χ4n) is 3.74. The van der Waals surface area contributed by atoms with E-state index >= 15 is 0 Å². The molecule has 1 saturated heterocycles. The van der Waals surface area contributed by atoms with E-state index in [4.69, 9.17) is 0 Å². The summed E-state index contributed by atoms with van der Waals surface area (Å²) in [5, 5.41) is 5.90. The Hall–Kier alpha value is -2.62. The van der Waals surface area contributed by atoms with E-state index in [1.165, 1.54) is 22.5 Å². The molecule has 0 saturated carbocycles. The van der Waals surface area contributed by atoms with Crippen LogP contribution in [0.1, 0.15) is 18.5 Å². The van der Waals surface area contributed by atoms with Crippen molar-refractivity contribution in [2.24, 2.45) is 5.92 Å². The summed E-state index contributed by atoms with van der Waals surface area (Å²) in [5.41, 5.74) is 2.00. The Balaban J connectivity index is 1.26. The minimum Gasteiger partial charge on any atom is -0.355 e. The topological polar surface area (TPSA) is 79.4 Å². The fourth-order valence-corrected chi connectivity index (χ4v) is 6.14. The molecule has 32 heavy (non-hydrogen) atoms. The van der Waals surface area contributed by atoms with E-state index < -0.39 is 15.8 Å². The van der Waals surface area contributed by atoms with Crippen molar-refractivity contribution in [2.45, 2.75) is 24.2 Å². The molecule has 0 bridgehead atoms. The van der Waals surface area contributed by atoms with Gasteiger partial charge in [-0.05, 0) is 25.0 Å². The monoisotopic (exact) mass is 473 g/mol. The zero-order valence-corrected chi connectivity index (χ0v) is 19.0. The van der Waals surface area contributed by atoms with Gasteiger partial charge in [0.05, 0.1) is 5.69 Å². The first kappa shape index (κ1) is 22.6. The third kappa shape index (κ3) is 5.06. The van der Waals surface area contributed by atoms with Gasteiger partial charge in [-0.2, -0.15) is 4.31 Å². The highest BCUT2D eigenvalue weighted by atomic mass is 32.2. The quantitative estimate of drug-likeness (QED) is 0.567. The molecule has 1 N–H and O–H groups in total. The van der Waals surface area contributed by atoms with Crippen LogP contribution in [0.2, 0.25) is 0 Å². The first-order valence-corrected chi connectivity index (χ1v) is 12.8. The van der Waals surface area contributed by atoms with Crippen LogP contribution in [-0.4, -0.2) is 43.2 Å². The number of hydrogen-bond donors (Lipinski definition) is 1. The normalized spacial score (nSPS) is 15.5. The number of nitrogens with one attached hydrogen (secondary N) is 1. The minimum absolute atomic E-state index is 0.0774. The highest BCUT2D eigenvalue weighted by molar-refractivity contribution is 7.89. The van der Waals surface area contributed by atoms with Crippen LogP contribution in [0.3, 0.4) is 0 Å². The number of thiazole rings is 1. The molecule has 4 rings (SSSR count). The van der Waals surface area contributed by atoms with Gasteiger partial charge in [-0.25, -0.2) is 17.8 Å². The molecule has 1 aliphatic heterocycles. The molecule has 0 atom stereocenters. The first-order chi connectivity index (χ1) is 15.4. The lowest BCUT2D eigenvalue weighted by molar-refractivity contribution is -0.126. The summed E-state index contributed by atoms with van der Waals surface area (Å²) in [6.07, 6.45) is 1.46. The third-order valence-electron chi connectivity index (χ3n) is 5.53. The van der Waals surface area contributed by atoms with Gasteiger partial charge in [0.25, 0.3) is 0 Å². The van der Waals surface area contributed by atoms with Crippen LogP contribution in [-0.2, 0) is 21.2 Å². The van der Waals surface area contributed by atoms with Crippen LogP contribution in [0.25, 0.3) is 10.6 Å². The third-order valence-corrected chi connectivity index (χ3v) is 8.40. The van der Waals surface area contributed by atoms with Crippen LogP contribution in [0.15, 0.2) is 64.9 Å². The Morgan fingerprint density at radius 2 is 1.78 bits per heavy atom.